The van der Waals surface area contributed by atoms with E-state index in [1.165, 1.54) is 23.6 Å². The Bertz CT molecular complexity index is 1260. The van der Waals surface area contributed by atoms with Gasteiger partial charge < -0.3 is 10.1 Å². The lowest BCUT2D eigenvalue weighted by atomic mass is 9.86. The molecule has 0 spiro atoms. The van der Waals surface area contributed by atoms with Crippen LogP contribution in [0, 0.1) is 5.92 Å². The Morgan fingerprint density at radius 1 is 1.31 bits per heavy atom. The highest BCUT2D eigenvalue weighted by Crippen LogP contribution is 2.30. The molecule has 0 bridgehead atoms. The zero-order chi connectivity index (χ0) is 25.2. The van der Waals surface area contributed by atoms with Crippen LogP contribution in [0.1, 0.15) is 59.3 Å². The van der Waals surface area contributed by atoms with E-state index in [2.05, 4.69) is 20.4 Å². The number of aromatic nitrogens is 4. The van der Waals surface area contributed by atoms with E-state index in [-0.39, 0.29) is 34.9 Å². The van der Waals surface area contributed by atoms with Gasteiger partial charge in [-0.1, -0.05) is 6.07 Å². The van der Waals surface area contributed by atoms with Gasteiger partial charge in [0.15, 0.2) is 17.9 Å². The summed E-state index contributed by atoms with van der Waals surface area (Å²) in [6.07, 6.45) is 1.20. The number of nitrogens with one attached hydrogen (secondary N) is 2. The molecule has 0 saturated heterocycles. The Hall–Kier alpha value is -3.70. The number of pyridine rings is 1. The Labute approximate surface area is 199 Å². The molecule has 1 aliphatic rings. The summed E-state index contributed by atoms with van der Waals surface area (Å²) in [5, 5.41) is 5.91. The lowest BCUT2D eigenvalue weighted by molar-refractivity contribution is -0.749. The highest BCUT2D eigenvalue weighted by Gasteiger charge is 2.34. The van der Waals surface area contributed by atoms with Crippen LogP contribution in [0.25, 0.3) is 5.65 Å². The number of methoxy groups -OCH3 is 1. The van der Waals surface area contributed by atoms with E-state index in [0.717, 1.165) is 31.9 Å². The molecule has 1 amide bonds. The Morgan fingerprint density at radius 2 is 2.06 bits per heavy atom. The molecule has 0 radical (unpaired) electrons. The Balaban J connectivity index is 1.36. The average Bonchev–Trinajstić information content (AvgIpc) is 3.48. The number of aliphatic imine (C=N–C) groups is 1. The minimum atomic E-state index is -4.52. The maximum atomic E-state index is 13.0. The number of esters is 1. The third kappa shape index (κ3) is 5.36. The lowest BCUT2D eigenvalue weighted by Crippen LogP contribution is -2.42. The maximum Gasteiger partial charge on any atom is 0.434 e. The van der Waals surface area contributed by atoms with Crippen molar-refractivity contribution in [1.29, 1.82) is 0 Å². The van der Waals surface area contributed by atoms with Gasteiger partial charge >= 0.3 is 17.8 Å². The van der Waals surface area contributed by atoms with Crippen molar-refractivity contribution in [2.45, 2.75) is 51.4 Å². The number of hydrogen-bond donors (Lipinski definition) is 2. The fraction of sp³-hybridized carbons (Fsp3) is 0.435. The number of ether oxygens (including phenoxy) is 1. The quantitative estimate of drug-likeness (QED) is 0.313. The molecule has 1 aliphatic carbocycles. The number of imidazole rings is 1. The van der Waals surface area contributed by atoms with Gasteiger partial charge in [-0.15, -0.1) is 4.68 Å². The zero-order valence-electron chi connectivity index (χ0n) is 19.3. The van der Waals surface area contributed by atoms with E-state index in [1.807, 2.05) is 6.92 Å². The van der Waals surface area contributed by atoms with Gasteiger partial charge in [0.05, 0.1) is 13.2 Å². The van der Waals surface area contributed by atoms with Crippen molar-refractivity contribution >= 4 is 29.6 Å². The van der Waals surface area contributed by atoms with Gasteiger partial charge in [0, 0.05) is 18.5 Å². The summed E-state index contributed by atoms with van der Waals surface area (Å²) < 4.78 is 46.6. The number of amides is 1. The Kier molecular flexibility index (Phi) is 6.90. The highest BCUT2D eigenvalue weighted by molar-refractivity contribution is 5.95. The van der Waals surface area contributed by atoms with Crippen LogP contribution in [0.3, 0.4) is 0 Å². The SMILES string of the molecule is CC[n+]1[nH]c(C(=O)NC2CCC(C=Nc3cccc4nc(C(F)(F)F)cn34)CC2)cc1C(=O)OC. The summed E-state index contributed by atoms with van der Waals surface area (Å²) in [6, 6.07) is 6.21. The fourth-order valence-electron chi connectivity index (χ4n) is 4.19. The number of fused-ring (bicyclic) bond motifs is 1. The number of halogens is 3. The zero-order valence-corrected chi connectivity index (χ0v) is 19.3. The van der Waals surface area contributed by atoms with Crippen LogP contribution in [-0.4, -0.2) is 45.7 Å². The molecular formula is C23H26F3N6O3+. The van der Waals surface area contributed by atoms with Gasteiger partial charge in [0.2, 0.25) is 0 Å². The lowest BCUT2D eigenvalue weighted by Gasteiger charge is -2.26. The van der Waals surface area contributed by atoms with Crippen molar-refractivity contribution in [3.8, 4) is 0 Å². The third-order valence-electron chi connectivity index (χ3n) is 6.07. The minimum Gasteiger partial charge on any atom is -0.461 e. The van der Waals surface area contributed by atoms with Crippen LogP contribution < -0.4 is 10.00 Å². The monoisotopic (exact) mass is 491 g/mol. The van der Waals surface area contributed by atoms with Crippen LogP contribution in [-0.2, 0) is 17.5 Å². The molecular weight excluding hydrogens is 465 g/mol. The molecule has 2 N–H and O–H groups in total. The van der Waals surface area contributed by atoms with E-state index in [4.69, 9.17) is 4.74 Å². The molecule has 4 rings (SSSR count). The Morgan fingerprint density at radius 3 is 2.71 bits per heavy atom. The molecule has 3 heterocycles. The first-order chi connectivity index (χ1) is 16.7. The second-order valence-electron chi connectivity index (χ2n) is 8.39. The van der Waals surface area contributed by atoms with Gasteiger partial charge in [0.25, 0.3) is 5.91 Å². The van der Waals surface area contributed by atoms with Gasteiger partial charge in [-0.2, -0.15) is 18.3 Å². The summed E-state index contributed by atoms with van der Waals surface area (Å²) in [7, 11) is 1.28. The van der Waals surface area contributed by atoms with Crippen LogP contribution in [0.2, 0.25) is 0 Å². The first-order valence-electron chi connectivity index (χ1n) is 11.3. The number of H-pyrrole nitrogens is 1. The third-order valence-corrected chi connectivity index (χ3v) is 6.07. The van der Waals surface area contributed by atoms with Crippen molar-refractivity contribution in [1.82, 2.24) is 19.8 Å². The fourth-order valence-corrected chi connectivity index (χ4v) is 4.19. The van der Waals surface area contributed by atoms with E-state index in [0.29, 0.717) is 12.4 Å². The minimum absolute atomic E-state index is 0.0291. The van der Waals surface area contributed by atoms with Crippen molar-refractivity contribution < 1.29 is 32.2 Å². The van der Waals surface area contributed by atoms with Crippen molar-refractivity contribution in [2.75, 3.05) is 7.11 Å². The first kappa shape index (κ1) is 24.4. The molecule has 35 heavy (non-hydrogen) atoms. The van der Waals surface area contributed by atoms with Gasteiger partial charge in [-0.05, 0) is 50.7 Å². The molecule has 1 saturated carbocycles. The summed E-state index contributed by atoms with van der Waals surface area (Å²) in [6.45, 7) is 2.32. The molecule has 3 aromatic rings. The number of aromatic amines is 1. The first-order valence-corrected chi connectivity index (χ1v) is 11.3. The number of rotatable bonds is 6. The standard InChI is InChI=1S/C23H25F3N6O3/c1-3-32-17(22(34)35-2)11-16(30-32)21(33)28-15-9-7-14(8-10-15)12-27-19-5-4-6-20-29-18(13-31(19)20)23(24,25)26/h4-6,11-15H,3,7-10H2,1-2H3,(H,28,33)/p+1. The van der Waals surface area contributed by atoms with E-state index < -0.39 is 17.8 Å². The number of aryl methyl sites for hydroxylation is 1. The van der Waals surface area contributed by atoms with E-state index >= 15 is 0 Å². The highest BCUT2D eigenvalue weighted by atomic mass is 19.4. The van der Waals surface area contributed by atoms with Crippen molar-refractivity contribution in [3.05, 3.63) is 47.5 Å². The van der Waals surface area contributed by atoms with Crippen molar-refractivity contribution in [3.63, 3.8) is 0 Å². The van der Waals surface area contributed by atoms with Crippen LogP contribution in [0.15, 0.2) is 35.5 Å². The van der Waals surface area contributed by atoms with E-state index in [1.54, 1.807) is 23.0 Å². The van der Waals surface area contributed by atoms with Crippen LogP contribution in [0.4, 0.5) is 19.0 Å². The average molecular weight is 491 g/mol. The molecule has 3 aromatic heterocycles. The molecule has 0 atom stereocenters. The number of nitrogens with zero attached hydrogens (tertiary/aromatic N) is 4. The molecule has 0 aliphatic heterocycles. The summed E-state index contributed by atoms with van der Waals surface area (Å²) in [5.74, 6) is -0.310. The summed E-state index contributed by atoms with van der Waals surface area (Å²) in [4.78, 5) is 32.6. The molecule has 12 heteroatoms. The van der Waals surface area contributed by atoms with Crippen molar-refractivity contribution in [2.24, 2.45) is 10.9 Å². The smallest absolute Gasteiger partial charge is 0.434 e. The van der Waals surface area contributed by atoms with Gasteiger partial charge in [0.1, 0.15) is 11.5 Å². The van der Waals surface area contributed by atoms with Gasteiger partial charge in [-0.3, -0.25) is 9.20 Å². The van der Waals surface area contributed by atoms with Crippen LogP contribution >= 0.6 is 0 Å². The molecule has 186 valence electrons. The molecule has 0 aromatic carbocycles. The second kappa shape index (κ2) is 9.88. The van der Waals surface area contributed by atoms with Crippen LogP contribution in [0.5, 0.6) is 0 Å². The number of carbonyl (C=O) groups is 2. The summed E-state index contributed by atoms with van der Waals surface area (Å²) in [5.41, 5.74) is -0.220. The largest absolute Gasteiger partial charge is 0.461 e. The maximum absolute atomic E-state index is 13.0. The van der Waals surface area contributed by atoms with Gasteiger partial charge in [-0.25, -0.2) is 14.8 Å². The number of alkyl halides is 3. The normalized spacial score (nSPS) is 18.8. The molecule has 1 fully saturated rings. The van der Waals surface area contributed by atoms with E-state index in [9.17, 15) is 22.8 Å². The molecule has 0 unspecified atom stereocenters. The predicted octanol–water partition coefficient (Wildman–Crippen LogP) is 3.47. The topological polar surface area (TPSA) is 105 Å². The number of carbonyl (C=O) groups excluding carboxylic acids is 2. The number of hydrogen-bond acceptors (Lipinski definition) is 5. The molecule has 9 nitrogen and oxygen atoms in total. The second-order valence-corrected chi connectivity index (χ2v) is 8.39. The predicted molar refractivity (Wildman–Crippen MR) is 120 cm³/mol. The summed E-state index contributed by atoms with van der Waals surface area (Å²) >= 11 is 0.